The lowest BCUT2D eigenvalue weighted by Gasteiger charge is -2.25. The molecule has 5 aromatic rings. The van der Waals surface area contributed by atoms with Crippen LogP contribution in [0.3, 0.4) is 0 Å². The Morgan fingerprint density at radius 3 is 2.41 bits per heavy atom. The molecule has 0 fully saturated rings. The van der Waals surface area contributed by atoms with Crippen molar-refractivity contribution >= 4 is 29.0 Å². The van der Waals surface area contributed by atoms with Gasteiger partial charge in [0.05, 0.1) is 46.7 Å². The fourth-order valence-corrected chi connectivity index (χ4v) is 6.67. The number of nitrogens with zero attached hydrogens (tertiary/aromatic N) is 3. The van der Waals surface area contributed by atoms with Gasteiger partial charge in [-0.05, 0) is 80.4 Å². The standard InChI is InChI=1S/C39H34N4O5S/c1-4-46-31-18-16-27(17-19-31)36-35(37(44)42-30-13-7-6-8-14-30)25(3)41-39-43(36)38(45)34(49-39)22-26-15-20-32(33(21-26)47-5-2)48-24-29-12-10-9-11-28(29)23-40/h6-22,36H,4-5,24H2,1-3H3,(H,42,44)/b34-22+/t36-/m0/s1. The molecule has 1 aliphatic rings. The molecule has 0 aliphatic carbocycles. The first-order valence-electron chi connectivity index (χ1n) is 15.9. The maximum atomic E-state index is 14.2. The van der Waals surface area contributed by atoms with E-state index in [0.29, 0.717) is 62.3 Å². The van der Waals surface area contributed by atoms with E-state index in [0.717, 1.165) is 16.7 Å². The van der Waals surface area contributed by atoms with Gasteiger partial charge in [0.1, 0.15) is 12.4 Å². The molecule has 10 heteroatoms. The summed E-state index contributed by atoms with van der Waals surface area (Å²) in [4.78, 5) is 33.3. The van der Waals surface area contributed by atoms with Crippen molar-refractivity contribution in [2.24, 2.45) is 4.99 Å². The molecule has 1 N–H and O–H groups in total. The maximum absolute atomic E-state index is 14.2. The molecule has 0 spiro atoms. The van der Waals surface area contributed by atoms with Crippen molar-refractivity contribution in [2.45, 2.75) is 33.4 Å². The number of amides is 1. The fourth-order valence-electron chi connectivity index (χ4n) is 5.62. The monoisotopic (exact) mass is 670 g/mol. The number of allylic oxidation sites excluding steroid dienone is 1. The summed E-state index contributed by atoms with van der Waals surface area (Å²) in [5.74, 6) is 1.39. The fraction of sp³-hybridized carbons (Fsp3) is 0.179. The topological polar surface area (TPSA) is 115 Å². The summed E-state index contributed by atoms with van der Waals surface area (Å²) in [5, 5.41) is 12.4. The van der Waals surface area contributed by atoms with E-state index in [1.807, 2.05) is 98.8 Å². The molecule has 0 saturated carbocycles. The molecule has 49 heavy (non-hydrogen) atoms. The van der Waals surface area contributed by atoms with E-state index in [1.54, 1.807) is 29.7 Å². The van der Waals surface area contributed by atoms with Gasteiger partial charge in [-0.2, -0.15) is 5.26 Å². The largest absolute Gasteiger partial charge is 0.494 e. The van der Waals surface area contributed by atoms with Crippen molar-refractivity contribution in [3.8, 4) is 23.3 Å². The molecule has 1 amide bonds. The highest BCUT2D eigenvalue weighted by atomic mass is 32.1. The van der Waals surface area contributed by atoms with Crippen LogP contribution in [-0.4, -0.2) is 23.7 Å². The predicted molar refractivity (Wildman–Crippen MR) is 190 cm³/mol. The van der Waals surface area contributed by atoms with E-state index in [-0.39, 0.29) is 18.1 Å². The van der Waals surface area contributed by atoms with E-state index in [1.165, 1.54) is 11.3 Å². The maximum Gasteiger partial charge on any atom is 0.271 e. The average Bonchev–Trinajstić information content (AvgIpc) is 3.41. The molecule has 6 rings (SSSR count). The number of anilines is 1. The van der Waals surface area contributed by atoms with Crippen LogP contribution >= 0.6 is 11.3 Å². The van der Waals surface area contributed by atoms with Crippen molar-refractivity contribution in [2.75, 3.05) is 18.5 Å². The Balaban J connectivity index is 1.39. The van der Waals surface area contributed by atoms with E-state index < -0.39 is 6.04 Å². The van der Waals surface area contributed by atoms with Crippen LogP contribution in [0.25, 0.3) is 6.08 Å². The van der Waals surface area contributed by atoms with Gasteiger partial charge in [-0.3, -0.25) is 14.2 Å². The normalized spacial score (nSPS) is 14.0. The lowest BCUT2D eigenvalue weighted by atomic mass is 9.95. The second kappa shape index (κ2) is 14.9. The Morgan fingerprint density at radius 1 is 0.939 bits per heavy atom. The van der Waals surface area contributed by atoms with Gasteiger partial charge >= 0.3 is 0 Å². The molecule has 0 bridgehead atoms. The summed E-state index contributed by atoms with van der Waals surface area (Å²) in [7, 11) is 0. The Hall–Kier alpha value is -5.92. The zero-order chi connectivity index (χ0) is 34.3. The Kier molecular flexibility index (Phi) is 10.0. The number of thiazole rings is 1. The third-order valence-electron chi connectivity index (χ3n) is 7.89. The number of ether oxygens (including phenoxy) is 3. The number of aromatic nitrogens is 1. The quantitative estimate of drug-likeness (QED) is 0.181. The van der Waals surface area contributed by atoms with Gasteiger partial charge in [0.25, 0.3) is 11.5 Å². The van der Waals surface area contributed by atoms with Crippen LogP contribution < -0.4 is 34.4 Å². The molecule has 246 valence electrons. The second-order valence-corrected chi connectivity index (χ2v) is 12.1. The summed E-state index contributed by atoms with van der Waals surface area (Å²) in [6, 6.07) is 30.9. The minimum absolute atomic E-state index is 0.201. The highest BCUT2D eigenvalue weighted by Crippen LogP contribution is 2.33. The molecule has 0 radical (unpaired) electrons. The third-order valence-corrected chi connectivity index (χ3v) is 8.87. The number of hydrogen-bond donors (Lipinski definition) is 1. The van der Waals surface area contributed by atoms with E-state index in [4.69, 9.17) is 19.2 Å². The zero-order valence-electron chi connectivity index (χ0n) is 27.3. The van der Waals surface area contributed by atoms with Gasteiger partial charge in [0.15, 0.2) is 16.3 Å². The summed E-state index contributed by atoms with van der Waals surface area (Å²) in [6.07, 6.45) is 1.79. The average molecular weight is 671 g/mol. The Morgan fingerprint density at radius 2 is 1.67 bits per heavy atom. The van der Waals surface area contributed by atoms with Gasteiger partial charge in [-0.1, -0.05) is 65.9 Å². The number of carbonyl (C=O) groups excluding carboxylic acids is 1. The lowest BCUT2D eigenvalue weighted by Crippen LogP contribution is -2.40. The van der Waals surface area contributed by atoms with Crippen LogP contribution in [0, 0.1) is 11.3 Å². The molecule has 9 nitrogen and oxygen atoms in total. The minimum atomic E-state index is -0.719. The van der Waals surface area contributed by atoms with Crippen LogP contribution in [0.15, 0.2) is 118 Å². The number of hydrogen-bond acceptors (Lipinski definition) is 8. The number of nitriles is 1. The minimum Gasteiger partial charge on any atom is -0.494 e. The van der Waals surface area contributed by atoms with Crippen LogP contribution in [0.5, 0.6) is 17.2 Å². The molecule has 2 heterocycles. The number of rotatable bonds is 11. The van der Waals surface area contributed by atoms with Crippen molar-refractivity contribution < 1.29 is 19.0 Å². The molecule has 0 saturated heterocycles. The summed E-state index contributed by atoms with van der Waals surface area (Å²) in [6.45, 7) is 6.72. The number of para-hydroxylation sites is 1. The summed E-state index contributed by atoms with van der Waals surface area (Å²) >= 11 is 1.26. The van der Waals surface area contributed by atoms with Gasteiger partial charge in [0, 0.05) is 11.3 Å². The number of carbonyl (C=O) groups is 1. The number of fused-ring (bicyclic) bond motifs is 1. The van der Waals surface area contributed by atoms with Crippen LogP contribution in [0.2, 0.25) is 0 Å². The second-order valence-electron chi connectivity index (χ2n) is 11.1. The first kappa shape index (κ1) is 33.0. The molecule has 1 aliphatic heterocycles. The van der Waals surface area contributed by atoms with Crippen molar-refractivity contribution in [3.05, 3.63) is 150 Å². The van der Waals surface area contributed by atoms with Gasteiger partial charge in [-0.15, -0.1) is 0 Å². The molecule has 0 unspecified atom stereocenters. The van der Waals surface area contributed by atoms with Crippen molar-refractivity contribution in [3.63, 3.8) is 0 Å². The molecule has 1 atom stereocenters. The van der Waals surface area contributed by atoms with E-state index in [2.05, 4.69) is 11.4 Å². The van der Waals surface area contributed by atoms with Crippen molar-refractivity contribution in [1.29, 1.82) is 5.26 Å². The molecule has 4 aromatic carbocycles. The van der Waals surface area contributed by atoms with E-state index in [9.17, 15) is 14.9 Å². The van der Waals surface area contributed by atoms with Crippen LogP contribution in [0.4, 0.5) is 5.69 Å². The Labute approximate surface area is 287 Å². The zero-order valence-corrected chi connectivity index (χ0v) is 28.1. The lowest BCUT2D eigenvalue weighted by molar-refractivity contribution is -0.113. The first-order valence-corrected chi connectivity index (χ1v) is 16.7. The highest BCUT2D eigenvalue weighted by molar-refractivity contribution is 7.07. The van der Waals surface area contributed by atoms with Crippen LogP contribution in [-0.2, 0) is 11.4 Å². The number of nitrogens with one attached hydrogen (secondary N) is 1. The van der Waals surface area contributed by atoms with E-state index >= 15 is 0 Å². The van der Waals surface area contributed by atoms with Gasteiger partial charge in [-0.25, -0.2) is 4.99 Å². The molecule has 1 aromatic heterocycles. The van der Waals surface area contributed by atoms with Crippen molar-refractivity contribution in [1.82, 2.24) is 4.57 Å². The van der Waals surface area contributed by atoms with Crippen LogP contribution in [0.1, 0.15) is 49.1 Å². The summed E-state index contributed by atoms with van der Waals surface area (Å²) in [5.41, 5.74) is 4.08. The van der Waals surface area contributed by atoms with Gasteiger partial charge in [0.2, 0.25) is 0 Å². The third kappa shape index (κ3) is 7.17. The number of benzene rings is 4. The summed E-state index contributed by atoms with van der Waals surface area (Å²) < 4.78 is 19.7. The van der Waals surface area contributed by atoms with Gasteiger partial charge < -0.3 is 19.5 Å². The SMILES string of the molecule is CCOc1ccc([C@H]2C(C(=O)Nc3ccccc3)=C(C)N=c3s/c(=C/c4ccc(OCc5ccccc5C#N)c(OCC)c4)c(=O)n32)cc1. The molecular weight excluding hydrogens is 637 g/mol. The smallest absolute Gasteiger partial charge is 0.271 e. The molecular formula is C39H34N4O5S. The first-order chi connectivity index (χ1) is 23.9. The predicted octanol–water partition coefficient (Wildman–Crippen LogP) is 6.12. The highest BCUT2D eigenvalue weighted by Gasteiger charge is 2.32. The Bertz CT molecular complexity index is 2250.